The van der Waals surface area contributed by atoms with Crippen LogP contribution in [0.1, 0.15) is 47.7 Å². The zero-order chi connectivity index (χ0) is 21.5. The molecule has 3 rings (SSSR count). The van der Waals surface area contributed by atoms with Gasteiger partial charge in [-0.25, -0.2) is 0 Å². The minimum atomic E-state index is 0.456. The van der Waals surface area contributed by atoms with E-state index in [1.54, 1.807) is 0 Å². The fourth-order valence-electron chi connectivity index (χ4n) is 4.43. The van der Waals surface area contributed by atoms with E-state index in [4.69, 9.17) is 0 Å². The molecule has 1 N–H and O–H groups in total. The molecule has 1 unspecified atom stereocenters. The first-order valence-electron chi connectivity index (χ1n) is 11.3. The van der Waals surface area contributed by atoms with E-state index < -0.39 is 0 Å². The molecule has 1 aliphatic rings. The molecule has 0 fully saturated rings. The Labute approximate surface area is 183 Å². The summed E-state index contributed by atoms with van der Waals surface area (Å²) in [5.74, 6) is 0. The predicted molar refractivity (Wildman–Crippen MR) is 128 cm³/mol. The Bertz CT molecular complexity index is 828. The Kier molecular flexibility index (Phi) is 8.06. The molecule has 4 nitrogen and oxygen atoms in total. The van der Waals surface area contributed by atoms with Gasteiger partial charge in [-0.3, -0.25) is 9.88 Å². The van der Waals surface area contributed by atoms with E-state index in [2.05, 4.69) is 78.8 Å². The van der Waals surface area contributed by atoms with Crippen LogP contribution in [-0.2, 0) is 19.5 Å². The molecule has 0 bridgehead atoms. The van der Waals surface area contributed by atoms with Gasteiger partial charge in [-0.15, -0.1) is 6.58 Å². The number of nitrogens with one attached hydrogen (secondary N) is 1. The molecule has 0 radical (unpaired) electrons. The summed E-state index contributed by atoms with van der Waals surface area (Å²) in [7, 11) is 2.20. The monoisotopic (exact) mass is 406 g/mol. The van der Waals surface area contributed by atoms with Crippen LogP contribution in [-0.4, -0.2) is 42.6 Å². The highest BCUT2D eigenvalue weighted by molar-refractivity contribution is 5.60. The highest BCUT2D eigenvalue weighted by Crippen LogP contribution is 2.30. The number of fused-ring (bicyclic) bond motifs is 1. The molecule has 0 saturated carbocycles. The molecule has 2 aromatic rings. The van der Waals surface area contributed by atoms with Crippen LogP contribution in [0.3, 0.4) is 0 Å². The van der Waals surface area contributed by atoms with Crippen molar-refractivity contribution in [2.75, 3.05) is 31.6 Å². The minimum Gasteiger partial charge on any atom is -0.371 e. The maximum atomic E-state index is 4.57. The second-order valence-corrected chi connectivity index (χ2v) is 8.79. The summed E-state index contributed by atoms with van der Waals surface area (Å²) < 4.78 is 0. The van der Waals surface area contributed by atoms with Crippen LogP contribution in [0.15, 0.2) is 43.1 Å². The van der Waals surface area contributed by atoms with Gasteiger partial charge in [-0.1, -0.05) is 25.1 Å². The zero-order valence-electron chi connectivity index (χ0n) is 19.2. The number of aryl methyl sites for hydroxylation is 2. The van der Waals surface area contributed by atoms with Gasteiger partial charge >= 0.3 is 0 Å². The van der Waals surface area contributed by atoms with Gasteiger partial charge in [0.2, 0.25) is 0 Å². The van der Waals surface area contributed by atoms with Gasteiger partial charge in [0.15, 0.2) is 0 Å². The van der Waals surface area contributed by atoms with E-state index in [1.807, 2.05) is 12.3 Å². The summed E-state index contributed by atoms with van der Waals surface area (Å²) in [6, 6.07) is 9.49. The number of rotatable bonds is 10. The molecule has 30 heavy (non-hydrogen) atoms. The van der Waals surface area contributed by atoms with Gasteiger partial charge in [0.1, 0.15) is 0 Å². The van der Waals surface area contributed by atoms with Crippen molar-refractivity contribution >= 4 is 5.69 Å². The second kappa shape index (κ2) is 10.7. The highest BCUT2D eigenvalue weighted by Gasteiger charge is 2.24. The van der Waals surface area contributed by atoms with Gasteiger partial charge in [0, 0.05) is 50.6 Å². The van der Waals surface area contributed by atoms with E-state index in [0.717, 1.165) is 57.7 Å². The van der Waals surface area contributed by atoms with Crippen molar-refractivity contribution in [3.8, 4) is 0 Å². The fraction of sp³-hybridized carbons (Fsp3) is 0.500. The van der Waals surface area contributed by atoms with Gasteiger partial charge in [-0.05, 0) is 74.5 Å². The molecule has 0 spiro atoms. The normalized spacial score (nSPS) is 15.8. The summed E-state index contributed by atoms with van der Waals surface area (Å²) in [4.78, 5) is 9.52. The smallest absolute Gasteiger partial charge is 0.0544 e. The number of nitrogens with zero attached hydrogens (tertiary/aromatic N) is 3. The lowest BCUT2D eigenvalue weighted by atomic mass is 9.91. The summed E-state index contributed by atoms with van der Waals surface area (Å²) in [5, 5.41) is 3.77. The molecule has 0 aliphatic carbocycles. The number of pyridine rings is 1. The van der Waals surface area contributed by atoms with Crippen molar-refractivity contribution in [3.63, 3.8) is 0 Å². The number of hydrogen-bond donors (Lipinski definition) is 1. The third kappa shape index (κ3) is 5.93. The second-order valence-electron chi connectivity index (χ2n) is 8.79. The molecular weight excluding hydrogens is 368 g/mol. The van der Waals surface area contributed by atoms with Crippen LogP contribution in [0.25, 0.3) is 0 Å². The van der Waals surface area contributed by atoms with Crippen LogP contribution in [0.4, 0.5) is 5.69 Å². The first-order valence-corrected chi connectivity index (χ1v) is 11.3. The maximum absolute atomic E-state index is 4.57. The standard InChI is InChI=1S/C26H38N4/c1-6-8-12-30(11-7-2)26-14-21(4)13-22-17-28-24(15-25(22)26)19-29(5)18-23-10-9-20(3)16-27-23/h6,9-10,13-14,16,24,28H,1,7-8,11-12,15,17-19H2,2-5H3. The Hall–Kier alpha value is -2.17. The third-order valence-corrected chi connectivity index (χ3v) is 5.87. The molecule has 4 heteroatoms. The molecular formula is C26H38N4. The van der Waals surface area contributed by atoms with Gasteiger partial charge < -0.3 is 10.2 Å². The number of aromatic nitrogens is 1. The highest BCUT2D eigenvalue weighted by atomic mass is 15.1. The van der Waals surface area contributed by atoms with E-state index in [0.29, 0.717) is 6.04 Å². The van der Waals surface area contributed by atoms with Crippen molar-refractivity contribution in [1.82, 2.24) is 15.2 Å². The summed E-state index contributed by atoms with van der Waals surface area (Å²) in [5.41, 5.74) is 8.12. The average molecular weight is 407 g/mol. The van der Waals surface area contributed by atoms with Crippen molar-refractivity contribution < 1.29 is 0 Å². The van der Waals surface area contributed by atoms with Gasteiger partial charge in [0.25, 0.3) is 0 Å². The molecule has 2 heterocycles. The van der Waals surface area contributed by atoms with Crippen LogP contribution in [0.5, 0.6) is 0 Å². The van der Waals surface area contributed by atoms with E-state index in [-0.39, 0.29) is 0 Å². The number of anilines is 1. The van der Waals surface area contributed by atoms with Crippen molar-refractivity contribution in [2.24, 2.45) is 0 Å². The number of benzene rings is 1. The molecule has 162 valence electrons. The Morgan fingerprint density at radius 1 is 1.20 bits per heavy atom. The molecule has 0 amide bonds. The Balaban J connectivity index is 1.73. The first-order chi connectivity index (χ1) is 14.5. The topological polar surface area (TPSA) is 31.4 Å². The minimum absolute atomic E-state index is 0.456. The van der Waals surface area contributed by atoms with Crippen LogP contribution in [0.2, 0.25) is 0 Å². The van der Waals surface area contributed by atoms with Crippen LogP contribution < -0.4 is 10.2 Å². The zero-order valence-corrected chi connectivity index (χ0v) is 19.2. The van der Waals surface area contributed by atoms with E-state index in [1.165, 1.54) is 27.9 Å². The Morgan fingerprint density at radius 3 is 2.73 bits per heavy atom. The summed E-state index contributed by atoms with van der Waals surface area (Å²) >= 11 is 0. The van der Waals surface area contributed by atoms with Gasteiger partial charge in [0.05, 0.1) is 5.69 Å². The summed E-state index contributed by atoms with van der Waals surface area (Å²) in [6.45, 7) is 15.5. The molecule has 1 aromatic carbocycles. The maximum Gasteiger partial charge on any atom is 0.0544 e. The quantitative estimate of drug-likeness (QED) is 0.583. The molecule has 0 saturated heterocycles. The summed E-state index contributed by atoms with van der Waals surface area (Å²) in [6.07, 6.45) is 7.25. The number of likely N-dealkylation sites (N-methyl/N-ethyl adjacent to an activating group) is 1. The molecule has 1 aromatic heterocycles. The Morgan fingerprint density at radius 2 is 2.03 bits per heavy atom. The molecule has 1 atom stereocenters. The lowest BCUT2D eigenvalue weighted by molar-refractivity contribution is 0.271. The van der Waals surface area contributed by atoms with Crippen molar-refractivity contribution in [3.05, 3.63) is 71.1 Å². The van der Waals surface area contributed by atoms with Crippen molar-refractivity contribution in [2.45, 2.75) is 59.2 Å². The van der Waals surface area contributed by atoms with E-state index in [9.17, 15) is 0 Å². The lowest BCUT2D eigenvalue weighted by Crippen LogP contribution is -2.44. The van der Waals surface area contributed by atoms with Crippen LogP contribution >= 0.6 is 0 Å². The molecule has 1 aliphatic heterocycles. The first kappa shape index (κ1) is 22.5. The third-order valence-electron chi connectivity index (χ3n) is 5.87. The van der Waals surface area contributed by atoms with Crippen molar-refractivity contribution in [1.29, 1.82) is 0 Å². The lowest BCUT2D eigenvalue weighted by Gasteiger charge is -2.34. The van der Waals surface area contributed by atoms with Crippen LogP contribution in [0, 0.1) is 13.8 Å². The average Bonchev–Trinajstić information content (AvgIpc) is 2.72. The van der Waals surface area contributed by atoms with Gasteiger partial charge in [-0.2, -0.15) is 0 Å². The van der Waals surface area contributed by atoms with E-state index >= 15 is 0 Å². The fourth-order valence-corrected chi connectivity index (χ4v) is 4.43. The SMILES string of the molecule is C=CCCN(CCC)c1cc(C)cc2c1CC(CN(C)Cc1ccc(C)cn1)NC2. The predicted octanol–water partition coefficient (Wildman–Crippen LogP) is 4.64. The number of hydrogen-bond acceptors (Lipinski definition) is 4. The largest absolute Gasteiger partial charge is 0.371 e.